The summed E-state index contributed by atoms with van der Waals surface area (Å²) in [7, 11) is 3.99. The highest BCUT2D eigenvalue weighted by molar-refractivity contribution is 4.48. The van der Waals surface area contributed by atoms with Gasteiger partial charge in [-0.1, -0.05) is 0 Å². The van der Waals surface area contributed by atoms with Gasteiger partial charge in [0, 0.05) is 26.7 Å². The SMILES string of the molecule is CNCCN(C)NCCCN. The maximum Gasteiger partial charge on any atom is 0.0253 e. The lowest BCUT2D eigenvalue weighted by Crippen LogP contribution is -2.39. The summed E-state index contributed by atoms with van der Waals surface area (Å²) in [5.74, 6) is 0. The lowest BCUT2D eigenvalue weighted by molar-refractivity contribution is 0.237. The molecule has 0 radical (unpaired) electrons. The minimum Gasteiger partial charge on any atom is -0.330 e. The molecule has 0 rings (SSSR count). The van der Waals surface area contributed by atoms with Gasteiger partial charge in [0.05, 0.1) is 0 Å². The summed E-state index contributed by atoms with van der Waals surface area (Å²) < 4.78 is 0. The van der Waals surface area contributed by atoms with Crippen LogP contribution in [0, 0.1) is 0 Å². The van der Waals surface area contributed by atoms with Gasteiger partial charge in [-0.3, -0.25) is 5.43 Å². The molecule has 0 unspecified atom stereocenters. The topological polar surface area (TPSA) is 53.3 Å². The Balaban J connectivity index is 3.02. The molecule has 4 nitrogen and oxygen atoms in total. The quantitative estimate of drug-likeness (QED) is 0.330. The largest absolute Gasteiger partial charge is 0.330 e. The molecular formula is C7H20N4. The minimum absolute atomic E-state index is 0.757. The van der Waals surface area contributed by atoms with Gasteiger partial charge >= 0.3 is 0 Å². The van der Waals surface area contributed by atoms with E-state index in [0.29, 0.717) is 0 Å². The highest BCUT2D eigenvalue weighted by atomic mass is 15.5. The lowest BCUT2D eigenvalue weighted by atomic mass is 10.4. The third kappa shape index (κ3) is 7.74. The molecule has 0 aliphatic rings. The van der Waals surface area contributed by atoms with Crippen molar-refractivity contribution >= 4 is 0 Å². The number of hydrazine groups is 1. The number of nitrogens with two attached hydrogens (primary N) is 1. The summed E-state index contributed by atoms with van der Waals surface area (Å²) in [6, 6.07) is 0. The number of rotatable bonds is 7. The third-order valence-corrected chi connectivity index (χ3v) is 1.46. The fourth-order valence-corrected chi connectivity index (χ4v) is 0.731. The van der Waals surface area contributed by atoms with Gasteiger partial charge in [0.25, 0.3) is 0 Å². The van der Waals surface area contributed by atoms with Gasteiger partial charge in [0.1, 0.15) is 0 Å². The Morgan fingerprint density at radius 1 is 1.36 bits per heavy atom. The van der Waals surface area contributed by atoms with Crippen LogP contribution in [0.3, 0.4) is 0 Å². The first-order valence-electron chi connectivity index (χ1n) is 4.10. The van der Waals surface area contributed by atoms with Crippen molar-refractivity contribution in [2.75, 3.05) is 40.3 Å². The fourth-order valence-electron chi connectivity index (χ4n) is 0.731. The van der Waals surface area contributed by atoms with Crippen molar-refractivity contribution in [2.24, 2.45) is 5.73 Å². The van der Waals surface area contributed by atoms with Crippen LogP contribution in [0.4, 0.5) is 0 Å². The molecule has 0 fully saturated rings. The molecule has 11 heavy (non-hydrogen) atoms. The maximum absolute atomic E-state index is 5.34. The van der Waals surface area contributed by atoms with Gasteiger partial charge in [-0.05, 0) is 20.0 Å². The summed E-state index contributed by atoms with van der Waals surface area (Å²) in [6.07, 6.45) is 1.03. The normalized spacial score (nSPS) is 10.9. The first-order valence-corrected chi connectivity index (χ1v) is 4.10. The predicted octanol–water partition coefficient (Wildman–Crippen LogP) is -1.01. The number of hydrogen-bond acceptors (Lipinski definition) is 4. The number of nitrogens with zero attached hydrogens (tertiary/aromatic N) is 1. The molecule has 0 aromatic heterocycles. The zero-order valence-electron chi connectivity index (χ0n) is 7.56. The Kier molecular flexibility index (Phi) is 7.83. The number of nitrogens with one attached hydrogen (secondary N) is 2. The van der Waals surface area contributed by atoms with Crippen LogP contribution >= 0.6 is 0 Å². The lowest BCUT2D eigenvalue weighted by Gasteiger charge is -2.17. The van der Waals surface area contributed by atoms with E-state index in [1.807, 2.05) is 14.1 Å². The van der Waals surface area contributed by atoms with Crippen LogP contribution in [0.2, 0.25) is 0 Å². The summed E-state index contributed by atoms with van der Waals surface area (Å²) >= 11 is 0. The van der Waals surface area contributed by atoms with Crippen LogP contribution in [0.25, 0.3) is 0 Å². The van der Waals surface area contributed by atoms with Gasteiger partial charge in [-0.2, -0.15) is 0 Å². The van der Waals surface area contributed by atoms with Crippen molar-refractivity contribution in [1.82, 2.24) is 15.8 Å². The van der Waals surface area contributed by atoms with Gasteiger partial charge < -0.3 is 11.1 Å². The van der Waals surface area contributed by atoms with Crippen molar-refractivity contribution in [3.8, 4) is 0 Å². The average molecular weight is 160 g/mol. The molecule has 0 bridgehead atoms. The Morgan fingerprint density at radius 2 is 2.09 bits per heavy atom. The monoisotopic (exact) mass is 160 g/mol. The second-order valence-electron chi connectivity index (χ2n) is 2.58. The second-order valence-corrected chi connectivity index (χ2v) is 2.58. The summed E-state index contributed by atoms with van der Waals surface area (Å²) in [5, 5.41) is 5.16. The predicted molar refractivity (Wildman–Crippen MR) is 48.2 cm³/mol. The van der Waals surface area contributed by atoms with Crippen LogP contribution in [0.15, 0.2) is 0 Å². The van der Waals surface area contributed by atoms with Crippen molar-refractivity contribution in [1.29, 1.82) is 0 Å². The van der Waals surface area contributed by atoms with Crippen molar-refractivity contribution in [3.05, 3.63) is 0 Å². The van der Waals surface area contributed by atoms with Gasteiger partial charge in [-0.15, -0.1) is 0 Å². The second kappa shape index (κ2) is 7.94. The standard InChI is InChI=1S/C7H20N4/c1-9-6-7-11(2)10-5-3-4-8/h9-10H,3-8H2,1-2H3. The molecule has 0 aliphatic carbocycles. The summed E-state index contributed by atoms with van der Waals surface area (Å²) in [5.41, 5.74) is 8.58. The van der Waals surface area contributed by atoms with E-state index in [2.05, 4.69) is 15.8 Å². The van der Waals surface area contributed by atoms with Gasteiger partial charge in [0.2, 0.25) is 0 Å². The molecule has 0 saturated carbocycles. The Bertz CT molecular complexity index is 76.8. The first-order chi connectivity index (χ1) is 5.31. The van der Waals surface area contributed by atoms with Crippen LogP contribution in [-0.4, -0.2) is 45.3 Å². The van der Waals surface area contributed by atoms with Crippen LogP contribution < -0.4 is 16.5 Å². The van der Waals surface area contributed by atoms with Crippen molar-refractivity contribution in [2.45, 2.75) is 6.42 Å². The number of likely N-dealkylation sites (N-methyl/N-ethyl adjacent to an activating group) is 2. The smallest absolute Gasteiger partial charge is 0.0253 e. The average Bonchev–Trinajstić information content (AvgIpc) is 2.01. The number of hydrogen-bond donors (Lipinski definition) is 3. The van der Waals surface area contributed by atoms with Crippen molar-refractivity contribution in [3.63, 3.8) is 0 Å². The van der Waals surface area contributed by atoms with Crippen molar-refractivity contribution < 1.29 is 0 Å². The molecule has 0 spiro atoms. The van der Waals surface area contributed by atoms with E-state index in [0.717, 1.165) is 32.6 Å². The molecule has 0 heterocycles. The molecule has 68 valence electrons. The molecule has 0 saturated heterocycles. The first kappa shape index (κ1) is 10.8. The molecular weight excluding hydrogens is 140 g/mol. The fraction of sp³-hybridized carbons (Fsp3) is 1.00. The van der Waals surface area contributed by atoms with E-state index in [4.69, 9.17) is 5.73 Å². The Morgan fingerprint density at radius 3 is 2.64 bits per heavy atom. The van der Waals surface area contributed by atoms with E-state index in [-0.39, 0.29) is 0 Å². The van der Waals surface area contributed by atoms with Gasteiger partial charge in [-0.25, -0.2) is 5.01 Å². The minimum atomic E-state index is 0.757. The summed E-state index contributed by atoms with van der Waals surface area (Å²) in [4.78, 5) is 0. The Labute approximate surface area is 69.1 Å². The summed E-state index contributed by atoms with van der Waals surface area (Å²) in [6.45, 7) is 3.75. The van der Waals surface area contributed by atoms with Crippen LogP contribution in [-0.2, 0) is 0 Å². The molecule has 0 aliphatic heterocycles. The third-order valence-electron chi connectivity index (χ3n) is 1.46. The van der Waals surface area contributed by atoms with E-state index in [9.17, 15) is 0 Å². The highest BCUT2D eigenvalue weighted by Gasteiger charge is 1.93. The van der Waals surface area contributed by atoms with E-state index in [1.54, 1.807) is 0 Å². The van der Waals surface area contributed by atoms with E-state index < -0.39 is 0 Å². The molecule has 0 aromatic rings. The molecule has 4 N–H and O–H groups in total. The maximum atomic E-state index is 5.34. The zero-order valence-corrected chi connectivity index (χ0v) is 7.56. The highest BCUT2D eigenvalue weighted by Crippen LogP contribution is 1.75. The van der Waals surface area contributed by atoms with E-state index >= 15 is 0 Å². The molecule has 0 aromatic carbocycles. The van der Waals surface area contributed by atoms with Crippen LogP contribution in [0.1, 0.15) is 6.42 Å². The zero-order chi connectivity index (χ0) is 8.53. The Hall–Kier alpha value is -0.160. The molecule has 4 heteroatoms. The van der Waals surface area contributed by atoms with Crippen LogP contribution in [0.5, 0.6) is 0 Å². The van der Waals surface area contributed by atoms with Gasteiger partial charge in [0.15, 0.2) is 0 Å². The molecule has 0 atom stereocenters. The molecule has 0 amide bonds. The van der Waals surface area contributed by atoms with E-state index in [1.165, 1.54) is 0 Å².